The summed E-state index contributed by atoms with van der Waals surface area (Å²) >= 11 is 0. The molecule has 74 valence electrons. The van der Waals surface area contributed by atoms with Crippen molar-refractivity contribution in [2.75, 3.05) is 6.54 Å². The molecule has 0 aliphatic rings. The monoisotopic (exact) mass is 185 g/mol. The predicted octanol–water partition coefficient (Wildman–Crippen LogP) is 1.57. The second-order valence-electron chi connectivity index (χ2n) is 2.71. The zero-order valence-corrected chi connectivity index (χ0v) is 7.58. The Labute approximate surface area is 77.6 Å². The van der Waals surface area contributed by atoms with E-state index in [2.05, 4.69) is 11.9 Å². The molecule has 0 saturated heterocycles. The van der Waals surface area contributed by atoms with Crippen molar-refractivity contribution < 1.29 is 14.7 Å². The molecular formula is C9H15NO3. The summed E-state index contributed by atoms with van der Waals surface area (Å²) in [6.07, 6.45) is 3.26. The van der Waals surface area contributed by atoms with Crippen LogP contribution in [0.15, 0.2) is 12.7 Å². The van der Waals surface area contributed by atoms with Crippen LogP contribution >= 0.6 is 0 Å². The van der Waals surface area contributed by atoms with Gasteiger partial charge in [-0.25, -0.2) is 4.79 Å². The molecule has 0 rings (SSSR count). The number of amides is 1. The Hall–Kier alpha value is -1.32. The number of carbonyl (C=O) groups is 2. The number of unbranched alkanes of at least 4 members (excludes halogenated alkanes) is 2. The Bertz CT molecular complexity index is 189. The fraction of sp³-hybridized carbons (Fsp3) is 0.556. The summed E-state index contributed by atoms with van der Waals surface area (Å²) in [5.74, 6) is 0.0474. The molecule has 0 aromatic carbocycles. The van der Waals surface area contributed by atoms with Gasteiger partial charge in [-0.1, -0.05) is 13.0 Å². The highest BCUT2D eigenvalue weighted by Gasteiger charge is 1.96. The normalized spacial score (nSPS) is 9.23. The number of rotatable bonds is 7. The lowest BCUT2D eigenvalue weighted by atomic mass is 10.1. The van der Waals surface area contributed by atoms with Gasteiger partial charge in [0.25, 0.3) is 0 Å². The smallest absolute Gasteiger partial charge is 0.404 e. The highest BCUT2D eigenvalue weighted by atomic mass is 16.4. The molecule has 1 amide bonds. The number of carbonyl (C=O) groups excluding carboxylic acids is 1. The topological polar surface area (TPSA) is 66.4 Å². The average Bonchev–Trinajstić information content (AvgIpc) is 2.10. The number of nitrogens with one attached hydrogen (secondary N) is 1. The van der Waals surface area contributed by atoms with Crippen molar-refractivity contribution in [3.63, 3.8) is 0 Å². The lowest BCUT2D eigenvalue weighted by Gasteiger charge is -1.99. The zero-order valence-electron chi connectivity index (χ0n) is 7.58. The van der Waals surface area contributed by atoms with E-state index in [1.54, 1.807) is 0 Å². The third-order valence-electron chi connectivity index (χ3n) is 1.60. The molecule has 2 N–H and O–H groups in total. The summed E-state index contributed by atoms with van der Waals surface area (Å²) < 4.78 is 0. The van der Waals surface area contributed by atoms with Crippen LogP contribution in [0.5, 0.6) is 0 Å². The van der Waals surface area contributed by atoms with Gasteiger partial charge in [-0.2, -0.15) is 0 Å². The van der Waals surface area contributed by atoms with Crippen LogP contribution in [-0.4, -0.2) is 23.5 Å². The van der Waals surface area contributed by atoms with E-state index >= 15 is 0 Å². The molecule has 0 saturated carbocycles. The van der Waals surface area contributed by atoms with Crippen molar-refractivity contribution in [3.05, 3.63) is 12.7 Å². The first-order chi connectivity index (χ1) is 6.16. The highest BCUT2D eigenvalue weighted by Crippen LogP contribution is 1.99. The Balaban J connectivity index is 3.12. The molecule has 0 atom stereocenters. The number of hydrogen-bond acceptors (Lipinski definition) is 2. The van der Waals surface area contributed by atoms with Crippen molar-refractivity contribution >= 4 is 11.9 Å². The molecular weight excluding hydrogens is 170 g/mol. The minimum atomic E-state index is -0.998. The molecule has 13 heavy (non-hydrogen) atoms. The maximum atomic E-state index is 10.7. The van der Waals surface area contributed by atoms with Gasteiger partial charge in [0.1, 0.15) is 0 Å². The van der Waals surface area contributed by atoms with Gasteiger partial charge in [-0.15, -0.1) is 0 Å². The van der Waals surface area contributed by atoms with Crippen LogP contribution in [0.2, 0.25) is 0 Å². The summed E-state index contributed by atoms with van der Waals surface area (Å²) in [6, 6.07) is 0. The Kier molecular flexibility index (Phi) is 6.59. The Morgan fingerprint density at radius 2 is 2.00 bits per heavy atom. The fourth-order valence-corrected chi connectivity index (χ4v) is 0.898. The van der Waals surface area contributed by atoms with E-state index in [-0.39, 0.29) is 5.78 Å². The van der Waals surface area contributed by atoms with Gasteiger partial charge < -0.3 is 10.4 Å². The second kappa shape index (κ2) is 7.34. The quantitative estimate of drug-likeness (QED) is 0.467. The Morgan fingerprint density at radius 1 is 1.31 bits per heavy atom. The first kappa shape index (κ1) is 11.7. The number of hydrogen-bond donors (Lipinski definition) is 2. The van der Waals surface area contributed by atoms with E-state index in [0.29, 0.717) is 13.0 Å². The largest absolute Gasteiger partial charge is 0.465 e. The maximum Gasteiger partial charge on any atom is 0.404 e. The van der Waals surface area contributed by atoms with E-state index in [4.69, 9.17) is 5.11 Å². The second-order valence-corrected chi connectivity index (χ2v) is 2.71. The molecule has 0 fully saturated rings. The third kappa shape index (κ3) is 8.59. The van der Waals surface area contributed by atoms with Crippen molar-refractivity contribution in [2.24, 2.45) is 0 Å². The van der Waals surface area contributed by atoms with E-state index in [1.807, 2.05) is 0 Å². The molecule has 0 spiro atoms. The van der Waals surface area contributed by atoms with Crippen molar-refractivity contribution in [1.82, 2.24) is 5.32 Å². The van der Waals surface area contributed by atoms with Crippen LogP contribution in [0.25, 0.3) is 0 Å². The molecule has 0 radical (unpaired) electrons. The van der Waals surface area contributed by atoms with Crippen molar-refractivity contribution in [3.8, 4) is 0 Å². The van der Waals surface area contributed by atoms with E-state index < -0.39 is 6.09 Å². The number of ketones is 1. The van der Waals surface area contributed by atoms with E-state index in [1.165, 1.54) is 6.08 Å². The van der Waals surface area contributed by atoms with Gasteiger partial charge in [0.15, 0.2) is 5.78 Å². The van der Waals surface area contributed by atoms with Gasteiger partial charge >= 0.3 is 6.09 Å². The van der Waals surface area contributed by atoms with Crippen LogP contribution in [0.3, 0.4) is 0 Å². The molecule has 4 nitrogen and oxygen atoms in total. The first-order valence-corrected chi connectivity index (χ1v) is 4.29. The lowest BCUT2D eigenvalue weighted by Crippen LogP contribution is -2.21. The number of allylic oxidation sites excluding steroid dienone is 1. The zero-order chi connectivity index (χ0) is 10.1. The molecule has 0 aliphatic heterocycles. The average molecular weight is 185 g/mol. The highest BCUT2D eigenvalue weighted by molar-refractivity contribution is 5.88. The molecule has 0 aliphatic carbocycles. The van der Waals surface area contributed by atoms with Gasteiger partial charge in [-0.3, -0.25) is 4.79 Å². The minimum absolute atomic E-state index is 0.0474. The molecule has 4 heteroatoms. The van der Waals surface area contributed by atoms with Gasteiger partial charge in [0, 0.05) is 13.0 Å². The maximum absolute atomic E-state index is 10.7. The summed E-state index contributed by atoms with van der Waals surface area (Å²) in [5.41, 5.74) is 0. The number of carboxylic acid groups (broad SMARTS) is 1. The van der Waals surface area contributed by atoms with E-state index in [0.717, 1.165) is 19.3 Å². The molecule has 0 aromatic heterocycles. The molecule has 0 heterocycles. The van der Waals surface area contributed by atoms with Crippen molar-refractivity contribution in [1.29, 1.82) is 0 Å². The fourth-order valence-electron chi connectivity index (χ4n) is 0.898. The molecule has 0 bridgehead atoms. The first-order valence-electron chi connectivity index (χ1n) is 4.29. The SMILES string of the molecule is C=CC(=O)CCCCCNC(=O)O. The summed E-state index contributed by atoms with van der Waals surface area (Å²) in [6.45, 7) is 3.82. The minimum Gasteiger partial charge on any atom is -0.465 e. The Morgan fingerprint density at radius 3 is 2.54 bits per heavy atom. The van der Waals surface area contributed by atoms with Gasteiger partial charge in [0.05, 0.1) is 0 Å². The summed E-state index contributed by atoms with van der Waals surface area (Å²) in [7, 11) is 0. The van der Waals surface area contributed by atoms with Gasteiger partial charge in [-0.05, 0) is 18.9 Å². The molecule has 0 aromatic rings. The third-order valence-corrected chi connectivity index (χ3v) is 1.60. The predicted molar refractivity (Wildman–Crippen MR) is 49.7 cm³/mol. The van der Waals surface area contributed by atoms with Crippen LogP contribution < -0.4 is 5.32 Å². The van der Waals surface area contributed by atoms with Crippen LogP contribution in [0, 0.1) is 0 Å². The van der Waals surface area contributed by atoms with E-state index in [9.17, 15) is 9.59 Å². The lowest BCUT2D eigenvalue weighted by molar-refractivity contribution is -0.114. The summed E-state index contributed by atoms with van der Waals surface area (Å²) in [5, 5.41) is 10.5. The van der Waals surface area contributed by atoms with Crippen molar-refractivity contribution in [2.45, 2.75) is 25.7 Å². The van der Waals surface area contributed by atoms with Crippen LogP contribution in [-0.2, 0) is 4.79 Å². The van der Waals surface area contributed by atoms with Crippen LogP contribution in [0.4, 0.5) is 4.79 Å². The van der Waals surface area contributed by atoms with Crippen LogP contribution in [0.1, 0.15) is 25.7 Å². The standard InChI is InChI=1S/C9H15NO3/c1-2-8(11)6-4-3-5-7-10-9(12)13/h2,10H,1,3-7H2,(H,12,13). The summed E-state index contributed by atoms with van der Waals surface area (Å²) in [4.78, 5) is 20.7. The van der Waals surface area contributed by atoms with Gasteiger partial charge in [0.2, 0.25) is 0 Å². The molecule has 0 unspecified atom stereocenters.